The van der Waals surface area contributed by atoms with Crippen LogP contribution in [-0.2, 0) is 4.74 Å². The van der Waals surface area contributed by atoms with Gasteiger partial charge in [0.1, 0.15) is 17.8 Å². The van der Waals surface area contributed by atoms with Gasteiger partial charge in [-0.3, -0.25) is 0 Å². The number of nitriles is 1. The molecule has 0 spiro atoms. The topological polar surface area (TPSA) is 91.0 Å². The van der Waals surface area contributed by atoms with Gasteiger partial charge in [0, 0.05) is 24.7 Å². The van der Waals surface area contributed by atoms with E-state index in [1.807, 2.05) is 6.20 Å². The first-order valence-corrected chi connectivity index (χ1v) is 9.91. The minimum atomic E-state index is 0.0357. The zero-order valence-corrected chi connectivity index (χ0v) is 17.0. The number of piperidine rings is 1. The summed E-state index contributed by atoms with van der Waals surface area (Å²) in [6.07, 6.45) is 5.46. The third kappa shape index (κ3) is 3.90. The third-order valence-electron chi connectivity index (χ3n) is 5.43. The molecule has 28 heavy (non-hydrogen) atoms. The summed E-state index contributed by atoms with van der Waals surface area (Å²) in [5.41, 5.74) is 9.59. The van der Waals surface area contributed by atoms with Crippen molar-refractivity contribution >= 4 is 22.9 Å². The lowest BCUT2D eigenvalue weighted by atomic mass is 10.0. The van der Waals surface area contributed by atoms with E-state index < -0.39 is 0 Å². The standard InChI is InChI=1S/C22H29N5O/c1-5-19-20(17-11-15(14(3)4)13-25-22(17)26-19)21(18(24)12-23)28-16-7-9-27(6-2)10-8-16/h5,11,13-14,16H,1,6-10,24H2,2-4H3,(H,25,26)/b21-18+. The van der Waals surface area contributed by atoms with E-state index in [4.69, 9.17) is 10.5 Å². The monoisotopic (exact) mass is 379 g/mol. The highest BCUT2D eigenvalue weighted by Crippen LogP contribution is 2.34. The highest BCUT2D eigenvalue weighted by Gasteiger charge is 2.25. The summed E-state index contributed by atoms with van der Waals surface area (Å²) in [5.74, 6) is 0.771. The Hall–Kier alpha value is -2.78. The molecule has 1 saturated heterocycles. The van der Waals surface area contributed by atoms with E-state index in [0.29, 0.717) is 11.7 Å². The second kappa shape index (κ2) is 8.49. The van der Waals surface area contributed by atoms with Crippen LogP contribution in [0.15, 0.2) is 24.5 Å². The average molecular weight is 380 g/mol. The van der Waals surface area contributed by atoms with Crippen LogP contribution in [0.5, 0.6) is 0 Å². The molecule has 0 aromatic carbocycles. The predicted molar refractivity (Wildman–Crippen MR) is 113 cm³/mol. The molecule has 0 amide bonds. The fourth-order valence-corrected chi connectivity index (χ4v) is 3.64. The lowest BCUT2D eigenvalue weighted by Crippen LogP contribution is -2.36. The number of nitrogens with zero attached hydrogens (tertiary/aromatic N) is 3. The molecule has 3 rings (SSSR count). The number of hydrogen-bond acceptors (Lipinski definition) is 5. The number of aromatic amines is 1. The van der Waals surface area contributed by atoms with Crippen molar-refractivity contribution in [1.82, 2.24) is 14.9 Å². The van der Waals surface area contributed by atoms with Crippen LogP contribution in [0.2, 0.25) is 0 Å². The molecule has 6 heteroatoms. The number of nitrogens with two attached hydrogens (primary N) is 1. The molecule has 0 bridgehead atoms. The molecule has 1 fully saturated rings. The van der Waals surface area contributed by atoms with E-state index in [9.17, 15) is 5.26 Å². The number of likely N-dealkylation sites (tertiary alicyclic amines) is 1. The van der Waals surface area contributed by atoms with Crippen LogP contribution in [0.4, 0.5) is 0 Å². The molecule has 1 aliphatic rings. The maximum Gasteiger partial charge on any atom is 0.163 e. The first-order valence-electron chi connectivity index (χ1n) is 9.91. The number of H-pyrrole nitrogens is 1. The van der Waals surface area contributed by atoms with Crippen molar-refractivity contribution in [2.75, 3.05) is 19.6 Å². The number of hydrogen-bond donors (Lipinski definition) is 2. The number of fused-ring (bicyclic) bond motifs is 1. The van der Waals surface area contributed by atoms with Crippen molar-refractivity contribution in [1.29, 1.82) is 5.26 Å². The molecule has 6 nitrogen and oxygen atoms in total. The molecule has 148 valence electrons. The maximum absolute atomic E-state index is 9.52. The van der Waals surface area contributed by atoms with E-state index in [2.05, 4.69) is 54.4 Å². The van der Waals surface area contributed by atoms with Crippen LogP contribution in [0.25, 0.3) is 22.9 Å². The lowest BCUT2D eigenvalue weighted by Gasteiger charge is -2.32. The van der Waals surface area contributed by atoms with Crippen molar-refractivity contribution < 1.29 is 4.74 Å². The van der Waals surface area contributed by atoms with Gasteiger partial charge in [-0.05, 0) is 43.0 Å². The van der Waals surface area contributed by atoms with Crippen molar-refractivity contribution in [3.05, 3.63) is 41.4 Å². The SMILES string of the molecule is C=Cc1[nH]c2ncc(C(C)C)cc2c1/C(OC1CCN(CC)CC1)=C(\N)C#N. The molecule has 2 aromatic rings. The molecule has 1 aliphatic heterocycles. The Bertz CT molecular complexity index is 926. The van der Waals surface area contributed by atoms with Crippen molar-refractivity contribution in [3.63, 3.8) is 0 Å². The molecule has 0 aliphatic carbocycles. The Morgan fingerprint density at radius 1 is 1.50 bits per heavy atom. The maximum atomic E-state index is 9.52. The molecule has 3 N–H and O–H groups in total. The number of aromatic nitrogens is 2. The van der Waals surface area contributed by atoms with Gasteiger partial charge < -0.3 is 20.4 Å². The molecular formula is C22H29N5O. The van der Waals surface area contributed by atoms with Gasteiger partial charge in [0.15, 0.2) is 11.5 Å². The number of ether oxygens (including phenoxy) is 1. The lowest BCUT2D eigenvalue weighted by molar-refractivity contribution is 0.0823. The zero-order chi connectivity index (χ0) is 20.3. The molecule has 2 aromatic heterocycles. The van der Waals surface area contributed by atoms with Gasteiger partial charge in [-0.2, -0.15) is 5.26 Å². The summed E-state index contributed by atoms with van der Waals surface area (Å²) in [4.78, 5) is 10.2. The van der Waals surface area contributed by atoms with Gasteiger partial charge in [-0.15, -0.1) is 0 Å². The van der Waals surface area contributed by atoms with Gasteiger partial charge in [-0.1, -0.05) is 27.4 Å². The van der Waals surface area contributed by atoms with Crippen molar-refractivity contribution in [2.24, 2.45) is 5.73 Å². The molecule has 0 radical (unpaired) electrons. The summed E-state index contributed by atoms with van der Waals surface area (Å²) in [6, 6.07) is 4.17. The first kappa shape index (κ1) is 20.0. The van der Waals surface area contributed by atoms with Crippen LogP contribution in [0.1, 0.15) is 56.4 Å². The summed E-state index contributed by atoms with van der Waals surface area (Å²) >= 11 is 0. The van der Waals surface area contributed by atoms with Crippen LogP contribution in [0.3, 0.4) is 0 Å². The van der Waals surface area contributed by atoms with E-state index in [-0.39, 0.29) is 11.8 Å². The first-order chi connectivity index (χ1) is 13.5. The quantitative estimate of drug-likeness (QED) is 0.585. The van der Waals surface area contributed by atoms with Gasteiger partial charge >= 0.3 is 0 Å². The Morgan fingerprint density at radius 2 is 2.21 bits per heavy atom. The minimum absolute atomic E-state index is 0.0357. The summed E-state index contributed by atoms with van der Waals surface area (Å²) in [5, 5.41) is 10.4. The fraction of sp³-hybridized carbons (Fsp3) is 0.455. The van der Waals surface area contributed by atoms with Crippen molar-refractivity contribution in [3.8, 4) is 6.07 Å². The molecule has 0 saturated carbocycles. The Kier molecular flexibility index (Phi) is 6.05. The van der Waals surface area contributed by atoms with Crippen LogP contribution < -0.4 is 5.73 Å². The van der Waals surface area contributed by atoms with Gasteiger partial charge in [0.2, 0.25) is 0 Å². The van der Waals surface area contributed by atoms with E-state index in [1.165, 1.54) is 0 Å². The zero-order valence-electron chi connectivity index (χ0n) is 17.0. The van der Waals surface area contributed by atoms with Crippen LogP contribution in [-0.4, -0.2) is 40.6 Å². The predicted octanol–water partition coefficient (Wildman–Crippen LogP) is 3.98. The smallest absolute Gasteiger partial charge is 0.163 e. The van der Waals surface area contributed by atoms with E-state index in [0.717, 1.165) is 60.3 Å². The number of nitrogens with one attached hydrogen (secondary N) is 1. The van der Waals surface area contributed by atoms with E-state index >= 15 is 0 Å². The number of rotatable bonds is 6. The minimum Gasteiger partial charge on any atom is -0.487 e. The molecular weight excluding hydrogens is 350 g/mol. The normalized spacial score (nSPS) is 16.8. The second-order valence-electron chi connectivity index (χ2n) is 7.54. The summed E-state index contributed by atoms with van der Waals surface area (Å²) < 4.78 is 6.34. The third-order valence-corrected chi connectivity index (χ3v) is 5.43. The average Bonchev–Trinajstić information content (AvgIpc) is 3.09. The van der Waals surface area contributed by atoms with Gasteiger partial charge in [0.05, 0.1) is 11.3 Å². The number of pyridine rings is 1. The highest BCUT2D eigenvalue weighted by molar-refractivity contribution is 5.94. The Balaban J connectivity index is 2.05. The van der Waals surface area contributed by atoms with Crippen LogP contribution in [0, 0.1) is 11.3 Å². The Labute approximate surface area is 166 Å². The molecule has 3 heterocycles. The van der Waals surface area contributed by atoms with Gasteiger partial charge in [-0.25, -0.2) is 4.98 Å². The molecule has 0 unspecified atom stereocenters. The Morgan fingerprint density at radius 3 is 2.79 bits per heavy atom. The largest absolute Gasteiger partial charge is 0.487 e. The summed E-state index contributed by atoms with van der Waals surface area (Å²) in [6.45, 7) is 13.4. The van der Waals surface area contributed by atoms with Crippen LogP contribution >= 0.6 is 0 Å². The van der Waals surface area contributed by atoms with Gasteiger partial charge in [0.25, 0.3) is 0 Å². The van der Waals surface area contributed by atoms with E-state index in [1.54, 1.807) is 6.08 Å². The number of allylic oxidation sites excluding steroid dienone is 1. The summed E-state index contributed by atoms with van der Waals surface area (Å²) in [7, 11) is 0. The molecule has 0 atom stereocenters. The van der Waals surface area contributed by atoms with Crippen molar-refractivity contribution in [2.45, 2.75) is 45.6 Å². The second-order valence-corrected chi connectivity index (χ2v) is 7.54. The fourth-order valence-electron chi connectivity index (χ4n) is 3.64. The highest BCUT2D eigenvalue weighted by atomic mass is 16.5.